The van der Waals surface area contributed by atoms with Crippen molar-refractivity contribution in [1.82, 2.24) is 9.88 Å². The summed E-state index contributed by atoms with van der Waals surface area (Å²) in [6, 6.07) is 3.91. The highest BCUT2D eigenvalue weighted by Gasteiger charge is 2.39. The van der Waals surface area contributed by atoms with E-state index in [-0.39, 0.29) is 11.4 Å². The van der Waals surface area contributed by atoms with Gasteiger partial charge in [-0.15, -0.1) is 11.3 Å². The number of aromatic nitrogens is 1. The lowest BCUT2D eigenvalue weighted by Crippen LogP contribution is -2.58. The maximum absolute atomic E-state index is 12.2. The number of nitrogens with zero attached hydrogens (tertiary/aromatic N) is 2. The minimum Gasteiger partial charge on any atom is -0.444 e. The number of rotatable bonds is 3. The maximum Gasteiger partial charge on any atom is 0.236 e. The van der Waals surface area contributed by atoms with E-state index in [1.807, 2.05) is 22.4 Å². The molecule has 0 aromatic carbocycles. The molecule has 0 unspecified atom stereocenters. The highest BCUT2D eigenvalue weighted by atomic mass is 32.1. The lowest BCUT2D eigenvalue weighted by molar-refractivity contribution is -0.143. The predicted molar refractivity (Wildman–Crippen MR) is 73.9 cm³/mol. The smallest absolute Gasteiger partial charge is 0.236 e. The zero-order valence-electron chi connectivity index (χ0n) is 11.0. The van der Waals surface area contributed by atoms with Crippen molar-refractivity contribution in [3.05, 3.63) is 29.5 Å². The maximum atomic E-state index is 12.2. The number of carbonyl (C=O) groups is 1. The summed E-state index contributed by atoms with van der Waals surface area (Å²) in [5.41, 5.74) is 0.702. The zero-order chi connectivity index (χ0) is 13.5. The molecule has 1 aliphatic rings. The number of hydrogen-bond donors (Lipinski definition) is 0. The Balaban J connectivity index is 1.69. The fraction of sp³-hybridized carbons (Fsp3) is 0.429. The van der Waals surface area contributed by atoms with Gasteiger partial charge in [-0.3, -0.25) is 4.79 Å². The quantitative estimate of drug-likeness (QED) is 0.866. The standard InChI is InChI=1S/C14H16N2O2S/c1-14(2)5-6-16(14)12(17)8-10-9-18-13(15-10)11-4-3-7-19-11/h3-4,7,9H,5-6,8H2,1-2H3. The number of thiophene rings is 1. The van der Waals surface area contributed by atoms with E-state index in [2.05, 4.69) is 18.8 Å². The molecule has 1 fully saturated rings. The van der Waals surface area contributed by atoms with Crippen LogP contribution >= 0.6 is 11.3 Å². The Kier molecular flexibility index (Phi) is 2.93. The first kappa shape index (κ1) is 12.4. The Labute approximate surface area is 116 Å². The van der Waals surface area contributed by atoms with Gasteiger partial charge in [0, 0.05) is 12.1 Å². The summed E-state index contributed by atoms with van der Waals surface area (Å²) in [4.78, 5) is 19.4. The van der Waals surface area contributed by atoms with E-state index < -0.39 is 0 Å². The van der Waals surface area contributed by atoms with Crippen LogP contribution in [0.5, 0.6) is 0 Å². The van der Waals surface area contributed by atoms with Gasteiger partial charge in [0.25, 0.3) is 0 Å². The average molecular weight is 276 g/mol. The van der Waals surface area contributed by atoms with Gasteiger partial charge >= 0.3 is 0 Å². The van der Waals surface area contributed by atoms with Crippen LogP contribution in [0, 0.1) is 0 Å². The van der Waals surface area contributed by atoms with E-state index in [0.717, 1.165) is 17.8 Å². The first-order valence-corrected chi connectivity index (χ1v) is 7.23. The Morgan fingerprint density at radius 3 is 3.00 bits per heavy atom. The summed E-state index contributed by atoms with van der Waals surface area (Å²) in [5.74, 6) is 0.725. The van der Waals surface area contributed by atoms with Gasteiger partial charge in [0.05, 0.1) is 17.0 Å². The molecule has 3 rings (SSSR count). The summed E-state index contributed by atoms with van der Waals surface area (Å²) in [5, 5.41) is 1.98. The molecule has 0 radical (unpaired) electrons. The third kappa shape index (κ3) is 2.30. The Morgan fingerprint density at radius 1 is 1.58 bits per heavy atom. The van der Waals surface area contributed by atoms with Gasteiger partial charge in [-0.05, 0) is 31.7 Å². The summed E-state index contributed by atoms with van der Waals surface area (Å²) < 4.78 is 5.42. The van der Waals surface area contributed by atoms with Crippen LogP contribution in [0.1, 0.15) is 26.0 Å². The molecule has 0 bridgehead atoms. The van der Waals surface area contributed by atoms with Gasteiger partial charge in [-0.2, -0.15) is 0 Å². The van der Waals surface area contributed by atoms with Crippen LogP contribution in [0.2, 0.25) is 0 Å². The molecule has 19 heavy (non-hydrogen) atoms. The molecule has 1 amide bonds. The monoisotopic (exact) mass is 276 g/mol. The lowest BCUT2D eigenvalue weighted by Gasteiger charge is -2.48. The van der Waals surface area contributed by atoms with Gasteiger partial charge in [0.15, 0.2) is 0 Å². The third-order valence-electron chi connectivity index (χ3n) is 3.60. The normalized spacial score (nSPS) is 17.3. The van der Waals surface area contributed by atoms with Gasteiger partial charge in [0.1, 0.15) is 6.26 Å². The molecule has 5 heteroatoms. The second-order valence-corrected chi connectivity index (χ2v) is 6.35. The topological polar surface area (TPSA) is 46.3 Å². The van der Waals surface area contributed by atoms with Crippen LogP contribution in [0.3, 0.4) is 0 Å². The summed E-state index contributed by atoms with van der Waals surface area (Å²) in [6.07, 6.45) is 2.97. The van der Waals surface area contributed by atoms with Crippen molar-refractivity contribution in [2.45, 2.75) is 32.2 Å². The van der Waals surface area contributed by atoms with Crippen LogP contribution in [0.25, 0.3) is 10.8 Å². The van der Waals surface area contributed by atoms with E-state index in [1.54, 1.807) is 17.6 Å². The molecule has 2 aromatic heterocycles. The highest BCUT2D eigenvalue weighted by molar-refractivity contribution is 7.13. The predicted octanol–water partition coefficient (Wildman–Crippen LogP) is 2.96. The molecular formula is C14H16N2O2S. The van der Waals surface area contributed by atoms with Crippen molar-refractivity contribution in [2.24, 2.45) is 0 Å². The minimum atomic E-state index is -0.00258. The summed E-state index contributed by atoms with van der Waals surface area (Å²) >= 11 is 1.58. The first-order valence-electron chi connectivity index (χ1n) is 6.35. The van der Waals surface area contributed by atoms with Gasteiger partial charge in [0.2, 0.25) is 11.8 Å². The zero-order valence-corrected chi connectivity index (χ0v) is 11.9. The van der Waals surface area contributed by atoms with E-state index in [0.29, 0.717) is 18.0 Å². The van der Waals surface area contributed by atoms with Crippen LogP contribution in [-0.2, 0) is 11.2 Å². The Bertz CT molecular complexity index is 586. The molecule has 4 nitrogen and oxygen atoms in total. The van der Waals surface area contributed by atoms with Crippen molar-refractivity contribution < 1.29 is 9.21 Å². The first-order chi connectivity index (χ1) is 9.06. The van der Waals surface area contributed by atoms with Crippen LogP contribution < -0.4 is 0 Å². The van der Waals surface area contributed by atoms with Crippen molar-refractivity contribution in [3.8, 4) is 10.8 Å². The largest absolute Gasteiger partial charge is 0.444 e. The average Bonchev–Trinajstić information content (AvgIpc) is 2.96. The molecule has 0 N–H and O–H groups in total. The molecule has 2 aromatic rings. The van der Waals surface area contributed by atoms with Crippen LogP contribution in [-0.4, -0.2) is 27.9 Å². The third-order valence-corrected chi connectivity index (χ3v) is 4.45. The molecule has 0 aliphatic carbocycles. The molecule has 0 saturated carbocycles. The summed E-state index contributed by atoms with van der Waals surface area (Å²) in [7, 11) is 0. The molecule has 1 aliphatic heterocycles. The minimum absolute atomic E-state index is 0.00258. The van der Waals surface area contributed by atoms with E-state index in [9.17, 15) is 4.79 Å². The number of carbonyl (C=O) groups excluding carboxylic acids is 1. The second-order valence-electron chi connectivity index (χ2n) is 5.41. The molecule has 100 valence electrons. The fourth-order valence-electron chi connectivity index (χ4n) is 2.29. The number of likely N-dealkylation sites (tertiary alicyclic amines) is 1. The Hall–Kier alpha value is -1.62. The summed E-state index contributed by atoms with van der Waals surface area (Å²) in [6.45, 7) is 5.03. The fourth-order valence-corrected chi connectivity index (χ4v) is 2.94. The second kappa shape index (κ2) is 4.49. The molecule has 1 saturated heterocycles. The number of amides is 1. The molecule has 0 atom stereocenters. The van der Waals surface area contributed by atoms with Gasteiger partial charge < -0.3 is 9.32 Å². The van der Waals surface area contributed by atoms with Crippen molar-refractivity contribution >= 4 is 17.2 Å². The van der Waals surface area contributed by atoms with Crippen molar-refractivity contribution in [1.29, 1.82) is 0 Å². The number of hydrogen-bond acceptors (Lipinski definition) is 4. The lowest BCUT2D eigenvalue weighted by atomic mass is 9.88. The van der Waals surface area contributed by atoms with E-state index >= 15 is 0 Å². The molecule has 3 heterocycles. The number of oxazole rings is 1. The van der Waals surface area contributed by atoms with Crippen LogP contribution in [0.4, 0.5) is 0 Å². The van der Waals surface area contributed by atoms with Crippen LogP contribution in [0.15, 0.2) is 28.2 Å². The molecular weight excluding hydrogens is 260 g/mol. The van der Waals surface area contributed by atoms with E-state index in [4.69, 9.17) is 4.42 Å². The van der Waals surface area contributed by atoms with Gasteiger partial charge in [-0.1, -0.05) is 6.07 Å². The molecule has 0 spiro atoms. The SMILES string of the molecule is CC1(C)CCN1C(=O)Cc1coc(-c2cccs2)n1. The Morgan fingerprint density at radius 2 is 2.42 bits per heavy atom. The highest BCUT2D eigenvalue weighted by Crippen LogP contribution is 2.30. The van der Waals surface area contributed by atoms with Crippen molar-refractivity contribution in [2.75, 3.05) is 6.54 Å². The van der Waals surface area contributed by atoms with E-state index in [1.165, 1.54) is 0 Å². The van der Waals surface area contributed by atoms with Gasteiger partial charge in [-0.25, -0.2) is 4.98 Å². The van der Waals surface area contributed by atoms with Crippen molar-refractivity contribution in [3.63, 3.8) is 0 Å².